The fourth-order valence-corrected chi connectivity index (χ4v) is 6.33. The van der Waals surface area contributed by atoms with E-state index in [9.17, 15) is 28.7 Å². The van der Waals surface area contributed by atoms with Crippen LogP contribution in [0.15, 0.2) is 41.3 Å². The van der Waals surface area contributed by atoms with Gasteiger partial charge in [0.2, 0.25) is 11.8 Å². The van der Waals surface area contributed by atoms with Crippen LogP contribution in [0.1, 0.15) is 35.2 Å². The average Bonchev–Trinajstić information content (AvgIpc) is 3.49. The van der Waals surface area contributed by atoms with Gasteiger partial charge in [0.05, 0.1) is 5.52 Å². The van der Waals surface area contributed by atoms with Gasteiger partial charge in [-0.2, -0.15) is 5.10 Å². The van der Waals surface area contributed by atoms with Gasteiger partial charge in [-0.05, 0) is 65.7 Å². The normalized spacial score (nSPS) is 19.0. The number of benzene rings is 1. The topological polar surface area (TPSA) is 190 Å². The number of ether oxygens (including phenoxy) is 1. The average molecular weight is 698 g/mol. The number of aromatic nitrogens is 5. The van der Waals surface area contributed by atoms with E-state index in [1.807, 2.05) is 13.0 Å². The van der Waals surface area contributed by atoms with Gasteiger partial charge in [0.15, 0.2) is 12.1 Å². The Bertz CT molecular complexity index is 1910. The molecule has 1 saturated heterocycles. The summed E-state index contributed by atoms with van der Waals surface area (Å²) >= 11 is 3.32. The van der Waals surface area contributed by atoms with E-state index in [0.717, 1.165) is 12.0 Å². The Labute approximate surface area is 265 Å². The van der Waals surface area contributed by atoms with Gasteiger partial charge in [-0.1, -0.05) is 6.07 Å². The van der Waals surface area contributed by atoms with E-state index in [1.54, 1.807) is 24.0 Å². The molecule has 0 unspecified atom stereocenters. The predicted octanol–water partition coefficient (Wildman–Crippen LogP) is 3.47. The summed E-state index contributed by atoms with van der Waals surface area (Å²) < 4.78 is 19.2. The highest BCUT2D eigenvalue weighted by molar-refractivity contribution is 9.10. The van der Waals surface area contributed by atoms with Crippen molar-refractivity contribution in [3.63, 3.8) is 0 Å². The lowest BCUT2D eigenvalue weighted by Crippen LogP contribution is -2.47. The minimum Gasteiger partial charge on any atom is -0.480 e. The van der Waals surface area contributed by atoms with Crippen LogP contribution in [0.3, 0.4) is 0 Å². The smallest absolute Gasteiger partial charge is 0.362 e. The van der Waals surface area contributed by atoms with Crippen molar-refractivity contribution in [2.24, 2.45) is 11.8 Å². The van der Waals surface area contributed by atoms with Crippen LogP contribution in [0, 0.1) is 25.7 Å². The molecule has 2 fully saturated rings. The third-order valence-electron chi connectivity index (χ3n) is 7.99. The van der Waals surface area contributed by atoms with E-state index >= 15 is 0 Å². The fourth-order valence-electron chi connectivity index (χ4n) is 5.71. The first-order chi connectivity index (χ1) is 21.3. The van der Waals surface area contributed by atoms with E-state index in [2.05, 4.69) is 41.3 Å². The van der Waals surface area contributed by atoms with Crippen LogP contribution in [0.25, 0.3) is 22.0 Å². The van der Waals surface area contributed by atoms with Crippen LogP contribution in [0.5, 0.6) is 5.75 Å². The zero-order valence-electron chi connectivity index (χ0n) is 24.5. The van der Waals surface area contributed by atoms with E-state index in [-0.39, 0.29) is 47.4 Å². The molecule has 4 aromatic rings. The highest BCUT2D eigenvalue weighted by atomic mass is 79.9. The number of amides is 2. The minimum atomic E-state index is -4.56. The van der Waals surface area contributed by atoms with Crippen molar-refractivity contribution >= 4 is 57.8 Å². The number of anilines is 1. The Morgan fingerprint density at radius 3 is 2.58 bits per heavy atom. The highest BCUT2D eigenvalue weighted by Crippen LogP contribution is 2.50. The second-order valence-corrected chi connectivity index (χ2v) is 13.7. The molecular weight excluding hydrogens is 669 g/mol. The zero-order chi connectivity index (χ0) is 32.2. The molecule has 1 saturated carbocycles. The Hall–Kier alpha value is -4.04. The number of carbonyl (C=O) groups is 3. The molecule has 2 amide bonds. The van der Waals surface area contributed by atoms with Crippen molar-refractivity contribution in [2.75, 3.05) is 18.2 Å². The molecule has 234 valence electrons. The lowest BCUT2D eigenvalue weighted by Gasteiger charge is -2.27. The number of nitrogens with one attached hydrogen (secondary N) is 1. The summed E-state index contributed by atoms with van der Waals surface area (Å²) in [6.45, 7) is 5.03. The summed E-state index contributed by atoms with van der Waals surface area (Å²) in [5.74, 6) is 0.224. The monoisotopic (exact) mass is 697 g/mol. The van der Waals surface area contributed by atoms with E-state index in [1.165, 1.54) is 30.1 Å². The zero-order valence-corrected chi connectivity index (χ0v) is 26.9. The molecule has 16 heteroatoms. The van der Waals surface area contributed by atoms with Crippen molar-refractivity contribution in [1.29, 1.82) is 0 Å². The molecule has 1 aliphatic carbocycles. The maximum absolute atomic E-state index is 13.8. The Balaban J connectivity index is 1.34. The molecular formula is C29H29BrN7O7P. The van der Waals surface area contributed by atoms with Crippen molar-refractivity contribution in [2.45, 2.75) is 39.8 Å². The molecule has 3 atom stereocenters. The number of nitrogens with zero attached hydrogens (tertiary/aromatic N) is 6. The maximum Gasteiger partial charge on any atom is 0.362 e. The van der Waals surface area contributed by atoms with Crippen molar-refractivity contribution < 1.29 is 33.5 Å². The standard InChI is InChI=1S/C29H29BrN7O7P/c1-14-4-5-24(30)33-28(14)34-29(40)27-20-6-17(20)11-36(27)25(39)12-37-22-8-23(44-13-45(41,42)43)19(18-9-31-16(3)32-10-18)7-21(22)26(35-37)15(2)38/h4-5,7-10,17,20,27H,6,11-13H2,1-3H3,(H,33,34,40)(H2,41,42,43)/t17-,20-,27+/m1/s1. The summed E-state index contributed by atoms with van der Waals surface area (Å²) in [5.41, 5.74) is 2.09. The van der Waals surface area contributed by atoms with Crippen LogP contribution in [-0.4, -0.2) is 76.0 Å². The first-order valence-corrected chi connectivity index (χ1v) is 16.6. The number of hydrogen-bond acceptors (Lipinski definition) is 9. The second-order valence-electron chi connectivity index (χ2n) is 11.3. The van der Waals surface area contributed by atoms with Crippen molar-refractivity contribution in [3.8, 4) is 16.9 Å². The van der Waals surface area contributed by atoms with Gasteiger partial charge in [-0.25, -0.2) is 15.0 Å². The third-order valence-corrected chi connectivity index (χ3v) is 8.90. The van der Waals surface area contributed by atoms with Crippen LogP contribution < -0.4 is 10.1 Å². The number of carbonyl (C=O) groups excluding carboxylic acids is 3. The van der Waals surface area contributed by atoms with Gasteiger partial charge in [-0.3, -0.25) is 23.6 Å². The molecule has 0 bridgehead atoms. The summed E-state index contributed by atoms with van der Waals surface area (Å²) in [6.07, 6.45) is 3.01. The molecule has 1 aromatic carbocycles. The van der Waals surface area contributed by atoms with E-state index in [4.69, 9.17) is 4.74 Å². The number of hydrogen-bond donors (Lipinski definition) is 3. The summed E-state index contributed by atoms with van der Waals surface area (Å²) in [4.78, 5) is 73.2. The molecule has 3 N–H and O–H groups in total. The van der Waals surface area contributed by atoms with Gasteiger partial charge >= 0.3 is 7.60 Å². The van der Waals surface area contributed by atoms with Crippen LogP contribution in [0.4, 0.5) is 5.82 Å². The first-order valence-electron chi connectivity index (χ1n) is 14.0. The first kappa shape index (κ1) is 31.0. The summed E-state index contributed by atoms with van der Waals surface area (Å²) in [6, 6.07) is 6.01. The second kappa shape index (κ2) is 11.7. The lowest BCUT2D eigenvalue weighted by molar-refractivity contribution is -0.138. The number of likely N-dealkylation sites (tertiary alicyclic amines) is 1. The minimum absolute atomic E-state index is 0.0375. The van der Waals surface area contributed by atoms with Gasteiger partial charge in [0.1, 0.15) is 40.3 Å². The Kier molecular flexibility index (Phi) is 8.06. The highest BCUT2D eigenvalue weighted by Gasteiger charge is 2.56. The molecule has 0 spiro atoms. The van der Waals surface area contributed by atoms with Crippen LogP contribution in [-0.2, 0) is 20.7 Å². The maximum atomic E-state index is 13.8. The number of aryl methyl sites for hydroxylation is 2. The van der Waals surface area contributed by atoms with Gasteiger partial charge in [0, 0.05) is 48.4 Å². The number of pyridine rings is 1. The van der Waals surface area contributed by atoms with Crippen molar-refractivity contribution in [3.05, 3.63) is 58.3 Å². The van der Waals surface area contributed by atoms with E-state index in [0.29, 0.717) is 44.8 Å². The van der Waals surface area contributed by atoms with E-state index < -0.39 is 20.0 Å². The molecule has 1 aliphatic heterocycles. The number of fused-ring (bicyclic) bond motifs is 2. The lowest BCUT2D eigenvalue weighted by atomic mass is 10.0. The van der Waals surface area contributed by atoms with Crippen LogP contribution in [0.2, 0.25) is 0 Å². The number of piperidine rings is 1. The molecule has 45 heavy (non-hydrogen) atoms. The molecule has 0 radical (unpaired) electrons. The summed E-state index contributed by atoms with van der Waals surface area (Å²) in [7, 11) is -4.56. The Morgan fingerprint density at radius 1 is 1.16 bits per heavy atom. The molecule has 4 heterocycles. The SMILES string of the molecule is CC(=O)c1nn(CC(=O)N2C[C@H]3C[C@H]3[C@H]2C(=O)Nc2nc(Br)ccc2C)c2cc(OCP(=O)(O)O)c(-c3cnc(C)nc3)cc12. The molecule has 6 rings (SSSR count). The third kappa shape index (κ3) is 6.39. The number of rotatable bonds is 9. The van der Waals surface area contributed by atoms with Crippen molar-refractivity contribution in [1.82, 2.24) is 29.6 Å². The fraction of sp³-hybridized carbons (Fsp3) is 0.345. The molecule has 3 aromatic heterocycles. The Morgan fingerprint density at radius 2 is 1.89 bits per heavy atom. The number of halogens is 1. The van der Waals surface area contributed by atoms with Gasteiger partial charge in [-0.15, -0.1) is 0 Å². The van der Waals surface area contributed by atoms with Gasteiger partial charge < -0.3 is 24.7 Å². The largest absolute Gasteiger partial charge is 0.480 e. The van der Waals surface area contributed by atoms with Crippen LogP contribution >= 0.6 is 23.5 Å². The molecule has 14 nitrogen and oxygen atoms in total. The molecule has 2 aliphatic rings. The quantitative estimate of drug-likeness (QED) is 0.132. The number of ketones is 1. The summed E-state index contributed by atoms with van der Waals surface area (Å²) in [5, 5.41) is 7.73. The van der Waals surface area contributed by atoms with Gasteiger partial charge in [0.25, 0.3) is 0 Å². The number of Topliss-reactive ketones (excluding diaryl/α,β-unsaturated/α-hetero) is 1. The predicted molar refractivity (Wildman–Crippen MR) is 165 cm³/mol.